The minimum atomic E-state index is -0.934. The van der Waals surface area contributed by atoms with Crippen molar-refractivity contribution in [3.05, 3.63) is 35.7 Å². The molecule has 0 fully saturated rings. The van der Waals surface area contributed by atoms with Crippen molar-refractivity contribution in [3.63, 3.8) is 0 Å². The Labute approximate surface area is 84.2 Å². The predicted molar refractivity (Wildman–Crippen MR) is 54.0 cm³/mol. The van der Waals surface area contributed by atoms with Crippen LogP contribution < -0.4 is 0 Å². The van der Waals surface area contributed by atoms with Crippen LogP contribution in [0.1, 0.15) is 15.9 Å². The lowest BCUT2D eigenvalue weighted by Gasteiger charge is -1.98. The van der Waals surface area contributed by atoms with E-state index in [1.165, 1.54) is 18.5 Å². The number of aromatic carboxylic acids is 1. The summed E-state index contributed by atoms with van der Waals surface area (Å²) in [6.07, 6.45) is 6.55. The number of rotatable bonds is 3. The van der Waals surface area contributed by atoms with Crippen molar-refractivity contribution < 1.29 is 9.90 Å². The maximum Gasteiger partial charge on any atom is 0.336 e. The number of aromatic nitrogens is 1. The molecule has 0 bridgehead atoms. The molecule has 0 aliphatic rings. The van der Waals surface area contributed by atoms with E-state index in [0.717, 1.165) is 0 Å². The van der Waals surface area contributed by atoms with Gasteiger partial charge in [0.2, 0.25) is 0 Å². The molecular weight excluding hydrogens is 234 g/mol. The van der Waals surface area contributed by atoms with Gasteiger partial charge < -0.3 is 5.11 Å². The summed E-state index contributed by atoms with van der Waals surface area (Å²) < 4.78 is 0. The first-order chi connectivity index (χ1) is 6.25. The Balaban J connectivity index is 3.05. The van der Waals surface area contributed by atoms with E-state index in [1.54, 1.807) is 6.08 Å². The van der Waals surface area contributed by atoms with Crippen molar-refractivity contribution in [3.8, 4) is 0 Å². The molecule has 3 nitrogen and oxygen atoms in total. The summed E-state index contributed by atoms with van der Waals surface area (Å²) in [5.74, 6) is -0.934. The zero-order valence-corrected chi connectivity index (χ0v) is 8.36. The Morgan fingerprint density at radius 3 is 3.08 bits per heavy atom. The van der Waals surface area contributed by atoms with E-state index in [0.29, 0.717) is 10.9 Å². The zero-order valence-electron chi connectivity index (χ0n) is 6.77. The number of carboxylic acid groups (broad SMARTS) is 1. The SMILES string of the molecule is O=C(O)c1ccncc1C=CCBr. The fourth-order valence-electron chi connectivity index (χ4n) is 0.906. The average Bonchev–Trinajstić information content (AvgIpc) is 2.15. The number of allylic oxidation sites excluding steroid dienone is 1. The molecule has 0 amide bonds. The van der Waals surface area contributed by atoms with Gasteiger partial charge >= 0.3 is 5.97 Å². The number of halogens is 1. The first-order valence-electron chi connectivity index (χ1n) is 3.65. The second-order valence-electron chi connectivity index (χ2n) is 2.32. The van der Waals surface area contributed by atoms with E-state index < -0.39 is 5.97 Å². The van der Waals surface area contributed by atoms with Gasteiger partial charge in [-0.1, -0.05) is 28.1 Å². The quantitative estimate of drug-likeness (QED) is 0.826. The lowest BCUT2D eigenvalue weighted by molar-refractivity contribution is 0.0696. The highest BCUT2D eigenvalue weighted by molar-refractivity contribution is 9.09. The summed E-state index contributed by atoms with van der Waals surface area (Å²) in [7, 11) is 0. The Kier molecular flexibility index (Phi) is 3.64. The largest absolute Gasteiger partial charge is 0.478 e. The molecule has 0 unspecified atom stereocenters. The molecule has 0 aliphatic carbocycles. The third-order valence-electron chi connectivity index (χ3n) is 1.47. The predicted octanol–water partition coefficient (Wildman–Crippen LogP) is 2.19. The molecule has 68 valence electrons. The second-order valence-corrected chi connectivity index (χ2v) is 2.97. The maximum absolute atomic E-state index is 10.7. The smallest absolute Gasteiger partial charge is 0.336 e. The summed E-state index contributed by atoms with van der Waals surface area (Å²) >= 11 is 3.21. The van der Waals surface area contributed by atoms with Crippen LogP contribution in [0.2, 0.25) is 0 Å². The second kappa shape index (κ2) is 4.77. The van der Waals surface area contributed by atoms with Crippen LogP contribution in [0, 0.1) is 0 Å². The minimum absolute atomic E-state index is 0.271. The fourth-order valence-corrected chi connectivity index (χ4v) is 1.09. The zero-order chi connectivity index (χ0) is 9.68. The van der Waals surface area contributed by atoms with E-state index in [9.17, 15) is 4.79 Å². The van der Waals surface area contributed by atoms with Gasteiger partial charge in [0.25, 0.3) is 0 Å². The molecule has 0 aliphatic heterocycles. The molecule has 4 heteroatoms. The van der Waals surface area contributed by atoms with Crippen LogP contribution in [0.25, 0.3) is 6.08 Å². The lowest BCUT2D eigenvalue weighted by atomic mass is 10.1. The van der Waals surface area contributed by atoms with Crippen LogP contribution in [-0.2, 0) is 0 Å². The fraction of sp³-hybridized carbons (Fsp3) is 0.111. The van der Waals surface area contributed by atoms with E-state index in [4.69, 9.17) is 5.11 Å². The molecule has 0 radical (unpaired) electrons. The summed E-state index contributed by atoms with van der Waals surface area (Å²) in [4.78, 5) is 14.6. The van der Waals surface area contributed by atoms with Gasteiger partial charge in [-0.2, -0.15) is 0 Å². The summed E-state index contributed by atoms with van der Waals surface area (Å²) in [5, 5.41) is 9.49. The molecule has 1 aromatic heterocycles. The average molecular weight is 242 g/mol. The van der Waals surface area contributed by atoms with Crippen molar-refractivity contribution in [1.29, 1.82) is 0 Å². The van der Waals surface area contributed by atoms with E-state index >= 15 is 0 Å². The lowest BCUT2D eigenvalue weighted by Crippen LogP contribution is -1.99. The monoisotopic (exact) mass is 241 g/mol. The first-order valence-corrected chi connectivity index (χ1v) is 4.77. The van der Waals surface area contributed by atoms with Crippen molar-refractivity contribution in [1.82, 2.24) is 4.98 Å². The van der Waals surface area contributed by atoms with E-state index in [1.807, 2.05) is 6.08 Å². The number of alkyl halides is 1. The number of nitrogens with zero attached hydrogens (tertiary/aromatic N) is 1. The number of hydrogen-bond acceptors (Lipinski definition) is 2. The maximum atomic E-state index is 10.7. The van der Waals surface area contributed by atoms with Gasteiger partial charge in [-0.05, 0) is 6.07 Å². The van der Waals surface area contributed by atoms with Crippen LogP contribution in [0.5, 0.6) is 0 Å². The molecule has 1 N–H and O–H groups in total. The number of carbonyl (C=O) groups is 1. The first kappa shape index (κ1) is 9.92. The van der Waals surface area contributed by atoms with Crippen molar-refractivity contribution in [2.75, 3.05) is 5.33 Å². The topological polar surface area (TPSA) is 50.2 Å². The number of pyridine rings is 1. The molecular formula is C9H8BrNO2. The number of carboxylic acids is 1. The molecule has 0 saturated heterocycles. The van der Waals surface area contributed by atoms with Gasteiger partial charge in [0.15, 0.2) is 0 Å². The standard InChI is InChI=1S/C9H8BrNO2/c10-4-1-2-7-6-11-5-3-8(7)9(12)13/h1-3,5-6H,4H2,(H,12,13). The molecule has 1 rings (SSSR count). The van der Waals surface area contributed by atoms with Gasteiger partial charge in [0.05, 0.1) is 5.56 Å². The molecule has 1 heterocycles. The third-order valence-corrected chi connectivity index (χ3v) is 1.84. The van der Waals surface area contributed by atoms with Crippen LogP contribution in [0.3, 0.4) is 0 Å². The summed E-state index contributed by atoms with van der Waals surface area (Å²) in [6, 6.07) is 1.48. The van der Waals surface area contributed by atoms with E-state index in [-0.39, 0.29) is 5.56 Å². The third kappa shape index (κ3) is 2.66. The minimum Gasteiger partial charge on any atom is -0.478 e. The highest BCUT2D eigenvalue weighted by Crippen LogP contribution is 2.08. The molecule has 13 heavy (non-hydrogen) atoms. The Morgan fingerprint density at radius 2 is 2.46 bits per heavy atom. The highest BCUT2D eigenvalue weighted by atomic mass is 79.9. The van der Waals surface area contributed by atoms with Gasteiger partial charge in [-0.15, -0.1) is 0 Å². The van der Waals surface area contributed by atoms with Crippen molar-refractivity contribution >= 4 is 28.0 Å². The van der Waals surface area contributed by atoms with Gasteiger partial charge in [0.1, 0.15) is 0 Å². The van der Waals surface area contributed by atoms with Crippen LogP contribution >= 0.6 is 15.9 Å². The van der Waals surface area contributed by atoms with Crippen LogP contribution in [-0.4, -0.2) is 21.4 Å². The summed E-state index contributed by atoms with van der Waals surface area (Å²) in [6.45, 7) is 0. The Hall–Kier alpha value is -1.16. The van der Waals surface area contributed by atoms with Crippen LogP contribution in [0.4, 0.5) is 0 Å². The molecule has 0 saturated carbocycles. The van der Waals surface area contributed by atoms with Crippen LogP contribution in [0.15, 0.2) is 24.5 Å². The Morgan fingerprint density at radius 1 is 1.69 bits per heavy atom. The molecule has 1 aromatic rings. The van der Waals surface area contributed by atoms with Gasteiger partial charge in [0, 0.05) is 23.3 Å². The molecule has 0 atom stereocenters. The molecule has 0 aromatic carbocycles. The summed E-state index contributed by atoms with van der Waals surface area (Å²) in [5.41, 5.74) is 0.890. The molecule has 0 spiro atoms. The van der Waals surface area contributed by atoms with Gasteiger partial charge in [-0.3, -0.25) is 4.98 Å². The van der Waals surface area contributed by atoms with Crippen molar-refractivity contribution in [2.24, 2.45) is 0 Å². The van der Waals surface area contributed by atoms with E-state index in [2.05, 4.69) is 20.9 Å². The number of hydrogen-bond donors (Lipinski definition) is 1. The normalized spacial score (nSPS) is 10.5. The van der Waals surface area contributed by atoms with Crippen molar-refractivity contribution in [2.45, 2.75) is 0 Å². The Bertz CT molecular complexity index is 336. The van der Waals surface area contributed by atoms with Gasteiger partial charge in [-0.25, -0.2) is 4.79 Å². The highest BCUT2D eigenvalue weighted by Gasteiger charge is 2.05.